The summed E-state index contributed by atoms with van der Waals surface area (Å²) in [4.78, 5) is 11.2. The van der Waals surface area contributed by atoms with Crippen molar-refractivity contribution in [3.05, 3.63) is 0 Å². The number of hydrogen-bond acceptors (Lipinski definition) is 3. The monoisotopic (exact) mass is 211 g/mol. The van der Waals surface area contributed by atoms with Gasteiger partial charge in [-0.1, -0.05) is 19.3 Å². The quantitative estimate of drug-likeness (QED) is 0.694. The predicted molar refractivity (Wildman–Crippen MR) is 59.2 cm³/mol. The molecule has 2 rings (SSSR count). The van der Waals surface area contributed by atoms with Crippen LogP contribution < -0.4 is 5.32 Å². The zero-order valence-electron chi connectivity index (χ0n) is 9.32. The van der Waals surface area contributed by atoms with E-state index in [1.54, 1.807) is 0 Å². The standard InChI is InChI=1S/C11H21N3O/c15-10-14(11-4-2-1-3-5-11)13-8-6-12-7-9-13/h10-12H,1-9H2. The minimum atomic E-state index is 0.467. The molecule has 1 aliphatic heterocycles. The van der Waals surface area contributed by atoms with Crippen LogP contribution in [0, 0.1) is 0 Å². The topological polar surface area (TPSA) is 35.6 Å². The van der Waals surface area contributed by atoms with Crippen molar-refractivity contribution in [3.8, 4) is 0 Å². The molecule has 1 heterocycles. The van der Waals surface area contributed by atoms with E-state index in [1.165, 1.54) is 32.1 Å². The lowest BCUT2D eigenvalue weighted by molar-refractivity contribution is -0.143. The van der Waals surface area contributed by atoms with Crippen LogP contribution in [0.5, 0.6) is 0 Å². The first-order valence-electron chi connectivity index (χ1n) is 6.11. The van der Waals surface area contributed by atoms with Crippen molar-refractivity contribution in [2.45, 2.75) is 38.1 Å². The number of carbonyl (C=O) groups is 1. The van der Waals surface area contributed by atoms with Crippen molar-refractivity contribution in [2.24, 2.45) is 0 Å². The Balaban J connectivity index is 1.91. The maximum atomic E-state index is 11.2. The van der Waals surface area contributed by atoms with Crippen molar-refractivity contribution in [1.29, 1.82) is 0 Å². The van der Waals surface area contributed by atoms with E-state index in [4.69, 9.17) is 0 Å². The van der Waals surface area contributed by atoms with Crippen LogP contribution in [0.3, 0.4) is 0 Å². The van der Waals surface area contributed by atoms with E-state index in [0.717, 1.165) is 32.6 Å². The van der Waals surface area contributed by atoms with Gasteiger partial charge in [-0.25, -0.2) is 5.01 Å². The smallest absolute Gasteiger partial charge is 0.224 e. The SMILES string of the molecule is O=CN(C1CCCCC1)N1CCNCC1. The fourth-order valence-electron chi connectivity index (χ4n) is 2.61. The number of piperazine rings is 1. The van der Waals surface area contributed by atoms with Crippen LogP contribution in [0.2, 0.25) is 0 Å². The molecule has 1 aliphatic carbocycles. The molecule has 0 aromatic heterocycles. The number of carbonyl (C=O) groups excluding carboxylic acids is 1. The van der Waals surface area contributed by atoms with Gasteiger partial charge in [-0.05, 0) is 12.8 Å². The molecule has 0 spiro atoms. The molecule has 0 bridgehead atoms. The second-order valence-corrected chi connectivity index (χ2v) is 4.48. The van der Waals surface area contributed by atoms with Crippen LogP contribution in [0.15, 0.2) is 0 Å². The summed E-state index contributed by atoms with van der Waals surface area (Å²) in [6.07, 6.45) is 7.29. The predicted octanol–water partition coefficient (Wildman–Crippen LogP) is 0.598. The van der Waals surface area contributed by atoms with Crippen LogP contribution in [-0.4, -0.2) is 48.6 Å². The Morgan fingerprint density at radius 1 is 1.13 bits per heavy atom. The highest BCUT2D eigenvalue weighted by molar-refractivity contribution is 5.47. The number of nitrogens with zero attached hydrogens (tertiary/aromatic N) is 2. The molecule has 4 nitrogen and oxygen atoms in total. The lowest BCUT2D eigenvalue weighted by Gasteiger charge is -2.41. The van der Waals surface area contributed by atoms with E-state index < -0.39 is 0 Å². The Kier molecular flexibility index (Phi) is 3.97. The number of hydrogen-bond donors (Lipinski definition) is 1. The first kappa shape index (κ1) is 10.9. The lowest BCUT2D eigenvalue weighted by Crippen LogP contribution is -2.55. The lowest BCUT2D eigenvalue weighted by atomic mass is 9.95. The molecule has 2 fully saturated rings. The molecule has 0 unspecified atom stereocenters. The summed E-state index contributed by atoms with van der Waals surface area (Å²) in [6, 6.07) is 0.467. The van der Waals surface area contributed by atoms with Crippen LogP contribution in [0.1, 0.15) is 32.1 Å². The van der Waals surface area contributed by atoms with Gasteiger partial charge in [0.25, 0.3) is 0 Å². The van der Waals surface area contributed by atoms with Gasteiger partial charge in [0.15, 0.2) is 0 Å². The van der Waals surface area contributed by atoms with E-state index in [1.807, 2.05) is 5.01 Å². The van der Waals surface area contributed by atoms with Crippen molar-refractivity contribution in [1.82, 2.24) is 15.3 Å². The highest BCUT2D eigenvalue weighted by atomic mass is 16.1. The Morgan fingerprint density at radius 2 is 1.80 bits per heavy atom. The Hall–Kier alpha value is -0.610. The molecule has 1 amide bonds. The van der Waals surface area contributed by atoms with E-state index in [2.05, 4.69) is 10.3 Å². The third kappa shape index (κ3) is 2.69. The van der Waals surface area contributed by atoms with Crippen LogP contribution in [0.4, 0.5) is 0 Å². The highest BCUT2D eigenvalue weighted by Gasteiger charge is 2.25. The maximum absolute atomic E-state index is 11.2. The third-order valence-electron chi connectivity index (χ3n) is 3.48. The summed E-state index contributed by atoms with van der Waals surface area (Å²) >= 11 is 0. The molecule has 1 saturated carbocycles. The molecular weight excluding hydrogens is 190 g/mol. The number of hydrazine groups is 1. The van der Waals surface area contributed by atoms with Gasteiger partial charge in [0.2, 0.25) is 6.41 Å². The fourth-order valence-corrected chi connectivity index (χ4v) is 2.61. The molecular formula is C11H21N3O. The van der Waals surface area contributed by atoms with Gasteiger partial charge in [-0.2, -0.15) is 0 Å². The molecule has 0 aromatic carbocycles. The second-order valence-electron chi connectivity index (χ2n) is 4.48. The van der Waals surface area contributed by atoms with E-state index >= 15 is 0 Å². The van der Waals surface area contributed by atoms with Crippen molar-refractivity contribution < 1.29 is 4.79 Å². The van der Waals surface area contributed by atoms with Gasteiger partial charge >= 0.3 is 0 Å². The molecule has 0 atom stereocenters. The normalized spacial score (nSPS) is 25.1. The zero-order valence-corrected chi connectivity index (χ0v) is 9.32. The summed E-state index contributed by atoms with van der Waals surface area (Å²) in [5, 5.41) is 7.48. The maximum Gasteiger partial charge on any atom is 0.224 e. The summed E-state index contributed by atoms with van der Waals surface area (Å²) in [6.45, 7) is 3.93. The molecule has 15 heavy (non-hydrogen) atoms. The van der Waals surface area contributed by atoms with Gasteiger partial charge in [-0.3, -0.25) is 9.80 Å². The third-order valence-corrected chi connectivity index (χ3v) is 3.48. The summed E-state index contributed by atoms with van der Waals surface area (Å²) in [5.74, 6) is 0. The first-order chi connectivity index (χ1) is 7.42. The second kappa shape index (κ2) is 5.47. The van der Waals surface area contributed by atoms with Gasteiger partial charge in [0.05, 0.1) is 0 Å². The average Bonchev–Trinajstić information content (AvgIpc) is 2.33. The Bertz CT molecular complexity index is 180. The Labute approximate surface area is 91.6 Å². The number of nitrogens with one attached hydrogen (secondary N) is 1. The number of rotatable bonds is 3. The zero-order chi connectivity index (χ0) is 10.5. The highest BCUT2D eigenvalue weighted by Crippen LogP contribution is 2.22. The van der Waals surface area contributed by atoms with Gasteiger partial charge < -0.3 is 5.32 Å². The van der Waals surface area contributed by atoms with E-state index in [9.17, 15) is 4.79 Å². The van der Waals surface area contributed by atoms with E-state index in [-0.39, 0.29) is 0 Å². The molecule has 86 valence electrons. The number of amides is 1. The van der Waals surface area contributed by atoms with Crippen molar-refractivity contribution >= 4 is 6.41 Å². The fraction of sp³-hybridized carbons (Fsp3) is 0.909. The minimum Gasteiger partial charge on any atom is -0.314 e. The molecule has 0 aromatic rings. The largest absolute Gasteiger partial charge is 0.314 e. The van der Waals surface area contributed by atoms with Crippen molar-refractivity contribution in [2.75, 3.05) is 26.2 Å². The molecule has 2 aliphatic rings. The van der Waals surface area contributed by atoms with Gasteiger partial charge in [0.1, 0.15) is 0 Å². The van der Waals surface area contributed by atoms with Crippen LogP contribution in [-0.2, 0) is 4.79 Å². The Morgan fingerprint density at radius 3 is 2.40 bits per heavy atom. The first-order valence-corrected chi connectivity index (χ1v) is 6.11. The molecule has 1 N–H and O–H groups in total. The molecule has 0 radical (unpaired) electrons. The average molecular weight is 211 g/mol. The molecule has 1 saturated heterocycles. The van der Waals surface area contributed by atoms with Gasteiger partial charge in [0, 0.05) is 32.2 Å². The van der Waals surface area contributed by atoms with Crippen molar-refractivity contribution in [3.63, 3.8) is 0 Å². The summed E-state index contributed by atoms with van der Waals surface area (Å²) < 4.78 is 0. The van der Waals surface area contributed by atoms with Gasteiger partial charge in [-0.15, -0.1) is 0 Å². The molecule has 4 heteroatoms. The van der Waals surface area contributed by atoms with Crippen LogP contribution >= 0.6 is 0 Å². The summed E-state index contributed by atoms with van der Waals surface area (Å²) in [7, 11) is 0. The summed E-state index contributed by atoms with van der Waals surface area (Å²) in [5.41, 5.74) is 0. The van der Waals surface area contributed by atoms with Crippen LogP contribution in [0.25, 0.3) is 0 Å². The van der Waals surface area contributed by atoms with E-state index in [0.29, 0.717) is 6.04 Å². The minimum absolute atomic E-state index is 0.467.